The van der Waals surface area contributed by atoms with E-state index in [-0.39, 0.29) is 24.5 Å². The molecule has 13 nitrogen and oxygen atoms in total. The summed E-state index contributed by atoms with van der Waals surface area (Å²) in [6, 6.07) is -1.18. The van der Waals surface area contributed by atoms with Crippen molar-refractivity contribution in [2.24, 2.45) is 33.6 Å². The molecule has 1 fully saturated rings. The first-order valence-corrected chi connectivity index (χ1v) is 11.9. The molecule has 1 aliphatic heterocycles. The highest BCUT2D eigenvalue weighted by Crippen LogP contribution is 2.46. The van der Waals surface area contributed by atoms with Gasteiger partial charge in [0.2, 0.25) is 11.8 Å². The van der Waals surface area contributed by atoms with Crippen LogP contribution < -0.4 is 27.0 Å². The highest BCUT2D eigenvalue weighted by atomic mass is 32.2. The Morgan fingerprint density at radius 2 is 2.00 bits per heavy atom. The van der Waals surface area contributed by atoms with Crippen molar-refractivity contribution in [3.63, 3.8) is 0 Å². The van der Waals surface area contributed by atoms with Crippen molar-refractivity contribution >= 4 is 33.7 Å². The number of primary amides is 1. The number of hydrogen-bond donors (Lipinski definition) is 4. The van der Waals surface area contributed by atoms with E-state index in [1.807, 2.05) is 0 Å². The van der Waals surface area contributed by atoms with Crippen molar-refractivity contribution in [3.05, 3.63) is 11.8 Å². The van der Waals surface area contributed by atoms with Gasteiger partial charge in [0.05, 0.1) is 12.1 Å². The van der Waals surface area contributed by atoms with Crippen molar-refractivity contribution in [1.82, 2.24) is 10.2 Å². The van der Waals surface area contributed by atoms with Gasteiger partial charge in [-0.2, -0.15) is 4.40 Å². The molecule has 6 N–H and O–H groups in total. The van der Waals surface area contributed by atoms with Crippen molar-refractivity contribution in [2.75, 3.05) is 19.3 Å². The maximum absolute atomic E-state index is 12.6. The molecule has 0 spiro atoms. The van der Waals surface area contributed by atoms with E-state index in [0.717, 1.165) is 0 Å². The van der Waals surface area contributed by atoms with E-state index in [0.29, 0.717) is 6.42 Å². The van der Waals surface area contributed by atoms with Crippen LogP contribution in [0.3, 0.4) is 0 Å². The van der Waals surface area contributed by atoms with Gasteiger partial charge in [0, 0.05) is 43.2 Å². The van der Waals surface area contributed by atoms with Crippen LogP contribution in [0.2, 0.25) is 0 Å². The molecule has 1 aliphatic carbocycles. The number of carboxylic acid groups (broad SMARTS) is 1. The molecule has 2 aliphatic rings. The Morgan fingerprint density at radius 3 is 2.52 bits per heavy atom. The van der Waals surface area contributed by atoms with E-state index < -0.39 is 69.0 Å². The number of nitrogens with one attached hydrogen (secondary N) is 1. The predicted molar refractivity (Wildman–Crippen MR) is 112 cm³/mol. The number of carbonyl (C=O) groups excluding carboxylic acids is 3. The third kappa shape index (κ3) is 5.28. The van der Waals surface area contributed by atoms with Crippen LogP contribution in [0.25, 0.3) is 0 Å². The molecule has 14 heteroatoms. The Hall–Kier alpha value is -2.71. The Bertz CT molecular complexity index is 981. The van der Waals surface area contributed by atoms with Crippen LogP contribution in [0.4, 0.5) is 0 Å². The van der Waals surface area contributed by atoms with E-state index in [9.17, 15) is 38.1 Å². The molecule has 0 aromatic rings. The number of hydrogen-bond acceptors (Lipinski definition) is 10. The topological polar surface area (TPSA) is 231 Å². The monoisotopic (exact) mass is 487 g/mol. The Morgan fingerprint density at radius 1 is 1.39 bits per heavy atom. The summed E-state index contributed by atoms with van der Waals surface area (Å²) in [5, 5.41) is 36.9. The van der Waals surface area contributed by atoms with E-state index >= 15 is 0 Å². The first-order chi connectivity index (χ1) is 15.2. The molecular formula is C19H29N5O8S-2. The second kappa shape index (κ2) is 9.65. The van der Waals surface area contributed by atoms with E-state index in [1.165, 1.54) is 11.1 Å². The number of carboxylic acids is 1. The second-order valence-corrected chi connectivity index (χ2v) is 10.3. The summed E-state index contributed by atoms with van der Waals surface area (Å²) in [4.78, 5) is 38.0. The number of aliphatic hydroxyl groups is 1. The number of fused-ring (bicyclic) bond motifs is 1. The van der Waals surface area contributed by atoms with Crippen LogP contribution in [0.15, 0.2) is 16.2 Å². The van der Waals surface area contributed by atoms with Gasteiger partial charge >= 0.3 is 0 Å². The predicted octanol–water partition coefficient (Wildman–Crippen LogP) is -4.64. The lowest BCUT2D eigenvalue weighted by Crippen LogP contribution is -2.69. The summed E-state index contributed by atoms with van der Waals surface area (Å²) in [6.45, 7) is 3.39. The van der Waals surface area contributed by atoms with Crippen LogP contribution in [-0.2, 0) is 24.4 Å². The summed E-state index contributed by atoms with van der Waals surface area (Å²) in [6.07, 6.45) is 0.00357. The van der Waals surface area contributed by atoms with Gasteiger partial charge in [0.15, 0.2) is 0 Å². The fourth-order valence-electron chi connectivity index (χ4n) is 4.39. The van der Waals surface area contributed by atoms with Crippen LogP contribution in [0.5, 0.6) is 0 Å². The largest absolute Gasteiger partial charge is 0.860 e. The molecule has 2 amide bonds. The summed E-state index contributed by atoms with van der Waals surface area (Å²) in [5.41, 5.74) is 8.73. The highest BCUT2D eigenvalue weighted by molar-refractivity contribution is 7.90. The average molecular weight is 488 g/mol. The minimum Gasteiger partial charge on any atom is -0.860 e. The molecule has 0 saturated heterocycles. The van der Waals surface area contributed by atoms with Gasteiger partial charge in [-0.3, -0.25) is 9.59 Å². The van der Waals surface area contributed by atoms with E-state index in [2.05, 4.69) is 9.71 Å². The van der Waals surface area contributed by atoms with Gasteiger partial charge < -0.3 is 41.8 Å². The van der Waals surface area contributed by atoms with Crippen LogP contribution >= 0.6 is 0 Å². The molecule has 0 aromatic heterocycles. The Balaban J connectivity index is 2.31. The van der Waals surface area contributed by atoms with Crippen molar-refractivity contribution in [2.45, 2.75) is 44.4 Å². The van der Waals surface area contributed by atoms with Gasteiger partial charge in [-0.1, -0.05) is 20.3 Å². The second-order valence-electron chi connectivity index (χ2n) is 8.62. The summed E-state index contributed by atoms with van der Waals surface area (Å²) in [5.74, 6) is -8.65. The number of sulfonamides is 1. The molecular weight excluding hydrogens is 458 g/mol. The Kier molecular flexibility index (Phi) is 7.76. The van der Waals surface area contributed by atoms with Crippen molar-refractivity contribution in [3.8, 4) is 0 Å². The zero-order valence-electron chi connectivity index (χ0n) is 18.6. The molecule has 1 saturated carbocycles. The van der Waals surface area contributed by atoms with Crippen LogP contribution in [-0.4, -0.2) is 79.1 Å². The Labute approximate surface area is 191 Å². The van der Waals surface area contributed by atoms with Crippen LogP contribution in [0, 0.1) is 17.8 Å². The number of aliphatic hydroxyl groups excluding tert-OH is 1. The molecule has 0 aromatic carbocycles. The molecule has 0 unspecified atom stereocenters. The summed E-state index contributed by atoms with van der Waals surface area (Å²) >= 11 is 0. The fraction of sp³-hybridized carbons (Fsp3) is 0.684. The lowest BCUT2D eigenvalue weighted by atomic mass is 9.77. The molecule has 6 atom stereocenters. The van der Waals surface area contributed by atoms with Crippen LogP contribution in [0.1, 0.15) is 26.7 Å². The minimum atomic E-state index is -4.65. The number of amides is 2. The molecule has 0 bridgehead atoms. The first kappa shape index (κ1) is 26.5. The number of rotatable bonds is 9. The van der Waals surface area contributed by atoms with Crippen molar-refractivity contribution in [1.29, 1.82) is 0 Å². The maximum Gasteiger partial charge on any atom is 0.261 e. The lowest BCUT2D eigenvalue weighted by Gasteiger charge is -2.44. The third-order valence-electron chi connectivity index (χ3n) is 6.37. The standard InChI is InChI=1S/C19H31N5O8S/c1-4-9(2)15(20)17(28)23-33(31,32)8-14(26)22-19(18(29)30)12-7-24(3)6-11(16(21)27)10(12)5-13(19)25/h6,9-10,12-13,15,25H,4-5,7-8,20H2,1-3H3,(H2,21,27)(H,22,26)(H,23,28)(H,29,30)/p-2/t9-,10-,12+,13-,15-,19+/m0/s1. The van der Waals surface area contributed by atoms with E-state index in [4.69, 9.17) is 11.5 Å². The summed E-state index contributed by atoms with van der Waals surface area (Å²) in [7, 11) is -3.11. The van der Waals surface area contributed by atoms with Gasteiger partial charge in [0.25, 0.3) is 10.0 Å². The van der Waals surface area contributed by atoms with Crippen molar-refractivity contribution < 1.29 is 38.1 Å². The fourth-order valence-corrected chi connectivity index (χ4v) is 5.25. The first-order valence-electron chi connectivity index (χ1n) is 10.3. The summed E-state index contributed by atoms with van der Waals surface area (Å²) < 4.78 is 27.6. The normalized spacial score (nSPS) is 29.6. The smallest absolute Gasteiger partial charge is 0.261 e. The number of nitrogens with two attached hydrogens (primary N) is 2. The van der Waals surface area contributed by atoms with Gasteiger partial charge in [-0.05, 0) is 18.2 Å². The van der Waals surface area contributed by atoms with Gasteiger partial charge in [-0.25, -0.2) is 8.42 Å². The molecule has 2 rings (SSSR count). The molecule has 33 heavy (non-hydrogen) atoms. The minimum absolute atomic E-state index is 0.00609. The number of nitrogens with zero attached hydrogens (tertiary/aromatic N) is 2. The highest BCUT2D eigenvalue weighted by Gasteiger charge is 2.59. The molecule has 0 radical (unpaired) electrons. The lowest BCUT2D eigenvalue weighted by molar-refractivity contribution is -0.318. The van der Waals surface area contributed by atoms with Gasteiger partial charge in [0.1, 0.15) is 11.3 Å². The molecule has 186 valence electrons. The average Bonchev–Trinajstić information content (AvgIpc) is 2.97. The quantitative estimate of drug-likeness (QED) is 0.179. The number of carbonyl (C=O) groups is 3. The number of aliphatic carboxylic acids is 1. The zero-order chi connectivity index (χ0) is 25.3. The third-order valence-corrected chi connectivity index (χ3v) is 7.46. The zero-order valence-corrected chi connectivity index (χ0v) is 19.4. The molecule has 1 heterocycles. The maximum atomic E-state index is 12.6. The van der Waals surface area contributed by atoms with Gasteiger partial charge in [-0.15, -0.1) is 0 Å². The van der Waals surface area contributed by atoms with E-state index in [1.54, 1.807) is 20.9 Å². The SMILES string of the molecule is CC[C@H](C)[C@H](N)/C([O-])=N/S(=O)(=O)CC(=O)N[C@]1(C(=O)[O-])[C@@H]2CN(C)C=C(C(N)=O)[C@@H]2C[C@@H]1O.